The SMILES string of the molecule is COC(=O)c1cc(NC2CC(C)C2)c([N+](=O)[O-])cc1F. The molecule has 0 aromatic heterocycles. The predicted molar refractivity (Wildman–Crippen MR) is 70.2 cm³/mol. The second-order valence-electron chi connectivity index (χ2n) is 5.02. The summed E-state index contributed by atoms with van der Waals surface area (Å²) in [4.78, 5) is 21.7. The van der Waals surface area contributed by atoms with Gasteiger partial charge >= 0.3 is 5.97 Å². The van der Waals surface area contributed by atoms with Crippen LogP contribution in [0.1, 0.15) is 30.1 Å². The molecule has 0 unspecified atom stereocenters. The third kappa shape index (κ3) is 2.71. The van der Waals surface area contributed by atoms with Crippen molar-refractivity contribution in [1.82, 2.24) is 0 Å². The maximum absolute atomic E-state index is 13.7. The number of ether oxygens (including phenoxy) is 1. The Labute approximate surface area is 115 Å². The molecule has 1 aliphatic carbocycles. The van der Waals surface area contributed by atoms with Crippen LogP contribution in [0.25, 0.3) is 0 Å². The van der Waals surface area contributed by atoms with Crippen LogP contribution in [0.2, 0.25) is 0 Å². The maximum Gasteiger partial charge on any atom is 0.340 e. The minimum atomic E-state index is -0.962. The van der Waals surface area contributed by atoms with Crippen molar-refractivity contribution >= 4 is 17.3 Å². The molecule has 1 saturated carbocycles. The molecule has 0 bridgehead atoms. The van der Waals surface area contributed by atoms with Gasteiger partial charge in [-0.05, 0) is 24.8 Å². The Morgan fingerprint density at radius 1 is 1.50 bits per heavy atom. The summed E-state index contributed by atoms with van der Waals surface area (Å²) in [6, 6.07) is 2.00. The van der Waals surface area contributed by atoms with Crippen molar-refractivity contribution in [1.29, 1.82) is 0 Å². The van der Waals surface area contributed by atoms with Crippen molar-refractivity contribution in [2.45, 2.75) is 25.8 Å². The number of nitro groups is 1. The van der Waals surface area contributed by atoms with Crippen molar-refractivity contribution in [2.24, 2.45) is 5.92 Å². The summed E-state index contributed by atoms with van der Waals surface area (Å²) in [5.74, 6) is -1.26. The molecule has 1 N–H and O–H groups in total. The molecule has 0 aliphatic heterocycles. The summed E-state index contributed by atoms with van der Waals surface area (Å²) in [7, 11) is 1.13. The van der Waals surface area contributed by atoms with Gasteiger partial charge in [0, 0.05) is 6.04 Å². The number of hydrogen-bond acceptors (Lipinski definition) is 5. The van der Waals surface area contributed by atoms with Crippen molar-refractivity contribution < 1.29 is 18.8 Å². The lowest BCUT2D eigenvalue weighted by molar-refractivity contribution is -0.384. The van der Waals surface area contributed by atoms with Crippen LogP contribution in [-0.4, -0.2) is 24.0 Å². The van der Waals surface area contributed by atoms with Crippen LogP contribution >= 0.6 is 0 Å². The van der Waals surface area contributed by atoms with E-state index in [0.29, 0.717) is 5.92 Å². The molecule has 2 rings (SSSR count). The molecule has 0 saturated heterocycles. The minimum Gasteiger partial charge on any atom is -0.465 e. The summed E-state index contributed by atoms with van der Waals surface area (Å²) < 4.78 is 18.1. The van der Waals surface area contributed by atoms with Gasteiger partial charge in [-0.25, -0.2) is 9.18 Å². The van der Waals surface area contributed by atoms with Crippen molar-refractivity contribution in [2.75, 3.05) is 12.4 Å². The Morgan fingerprint density at radius 2 is 2.15 bits per heavy atom. The van der Waals surface area contributed by atoms with Crippen LogP contribution in [0.15, 0.2) is 12.1 Å². The van der Waals surface area contributed by atoms with Gasteiger partial charge in [0.2, 0.25) is 0 Å². The molecule has 6 nitrogen and oxygen atoms in total. The molecule has 1 aromatic carbocycles. The summed E-state index contributed by atoms with van der Waals surface area (Å²) in [5, 5.41) is 13.9. The molecule has 1 aromatic rings. The Bertz CT molecular complexity index is 556. The highest BCUT2D eigenvalue weighted by Crippen LogP contribution is 2.34. The smallest absolute Gasteiger partial charge is 0.340 e. The van der Waals surface area contributed by atoms with Crippen molar-refractivity contribution in [3.63, 3.8) is 0 Å². The highest BCUT2D eigenvalue weighted by Gasteiger charge is 2.29. The number of rotatable bonds is 4. The van der Waals surface area contributed by atoms with Crippen molar-refractivity contribution in [3.8, 4) is 0 Å². The van der Waals surface area contributed by atoms with Crippen LogP contribution < -0.4 is 5.32 Å². The number of esters is 1. The Morgan fingerprint density at radius 3 is 2.65 bits per heavy atom. The van der Waals surface area contributed by atoms with E-state index in [-0.39, 0.29) is 23.0 Å². The van der Waals surface area contributed by atoms with Crippen LogP contribution in [-0.2, 0) is 4.74 Å². The largest absolute Gasteiger partial charge is 0.465 e. The van der Waals surface area contributed by atoms with E-state index in [1.54, 1.807) is 0 Å². The monoisotopic (exact) mass is 282 g/mol. The molecule has 108 valence electrons. The fourth-order valence-electron chi connectivity index (χ4n) is 2.34. The molecule has 20 heavy (non-hydrogen) atoms. The lowest BCUT2D eigenvalue weighted by Crippen LogP contribution is -2.34. The minimum absolute atomic E-state index is 0.111. The molecule has 0 amide bonds. The lowest BCUT2D eigenvalue weighted by atomic mass is 9.82. The van der Waals surface area contributed by atoms with Gasteiger partial charge in [-0.2, -0.15) is 0 Å². The molecule has 0 heterocycles. The van der Waals surface area contributed by atoms with Crippen LogP contribution in [0.3, 0.4) is 0 Å². The first-order valence-electron chi connectivity index (χ1n) is 6.25. The second-order valence-corrected chi connectivity index (χ2v) is 5.02. The molecular formula is C13H15FN2O4. The average Bonchev–Trinajstić information content (AvgIpc) is 2.37. The number of methoxy groups -OCH3 is 1. The number of nitrogens with one attached hydrogen (secondary N) is 1. The van der Waals surface area contributed by atoms with E-state index < -0.39 is 16.7 Å². The van der Waals surface area contributed by atoms with E-state index in [4.69, 9.17) is 0 Å². The third-order valence-corrected chi connectivity index (χ3v) is 3.42. The number of carbonyl (C=O) groups excluding carboxylic acids is 1. The standard InChI is InChI=1S/C13H15FN2O4/c1-7-3-8(4-7)15-11-5-9(13(17)20-2)10(14)6-12(11)16(18)19/h5-8,15H,3-4H2,1-2H3. The number of benzene rings is 1. The zero-order chi connectivity index (χ0) is 14.9. The molecule has 0 spiro atoms. The fourth-order valence-corrected chi connectivity index (χ4v) is 2.34. The van der Waals surface area contributed by atoms with Gasteiger partial charge < -0.3 is 10.1 Å². The molecule has 0 radical (unpaired) electrons. The summed E-state index contributed by atoms with van der Waals surface area (Å²) in [6.45, 7) is 2.08. The van der Waals surface area contributed by atoms with E-state index in [1.807, 2.05) is 0 Å². The quantitative estimate of drug-likeness (QED) is 0.521. The highest BCUT2D eigenvalue weighted by molar-refractivity contribution is 5.92. The first kappa shape index (κ1) is 14.2. The summed E-state index contributed by atoms with van der Waals surface area (Å²) >= 11 is 0. The topological polar surface area (TPSA) is 81.5 Å². The average molecular weight is 282 g/mol. The molecule has 1 aliphatic rings. The van der Waals surface area contributed by atoms with Gasteiger partial charge in [-0.1, -0.05) is 6.92 Å². The Kier molecular flexibility index (Phi) is 3.87. The van der Waals surface area contributed by atoms with Gasteiger partial charge in [0.25, 0.3) is 5.69 Å². The summed E-state index contributed by atoms with van der Waals surface area (Å²) in [5.41, 5.74) is -0.545. The van der Waals surface area contributed by atoms with Gasteiger partial charge in [-0.15, -0.1) is 0 Å². The normalized spacial score (nSPS) is 20.9. The van der Waals surface area contributed by atoms with E-state index in [2.05, 4.69) is 17.0 Å². The number of hydrogen-bond donors (Lipinski definition) is 1. The molecule has 1 fully saturated rings. The van der Waals surface area contributed by atoms with Crippen LogP contribution in [0.4, 0.5) is 15.8 Å². The van der Waals surface area contributed by atoms with Crippen LogP contribution in [0.5, 0.6) is 0 Å². The number of carbonyl (C=O) groups is 1. The zero-order valence-electron chi connectivity index (χ0n) is 11.2. The first-order valence-corrected chi connectivity index (χ1v) is 6.25. The zero-order valence-corrected chi connectivity index (χ0v) is 11.2. The first-order chi connectivity index (χ1) is 9.42. The molecule has 0 atom stereocenters. The fraction of sp³-hybridized carbons (Fsp3) is 0.462. The van der Waals surface area contributed by atoms with E-state index >= 15 is 0 Å². The van der Waals surface area contributed by atoms with Gasteiger partial charge in [0.15, 0.2) is 0 Å². The number of halogens is 1. The second kappa shape index (κ2) is 5.44. The van der Waals surface area contributed by atoms with E-state index in [9.17, 15) is 19.3 Å². The number of anilines is 1. The Balaban J connectivity index is 2.35. The van der Waals surface area contributed by atoms with Gasteiger partial charge in [-0.3, -0.25) is 10.1 Å². The number of nitro benzene ring substituents is 1. The van der Waals surface area contributed by atoms with Gasteiger partial charge in [0.05, 0.1) is 23.7 Å². The molecule has 7 heteroatoms. The molecular weight excluding hydrogens is 267 g/mol. The van der Waals surface area contributed by atoms with E-state index in [0.717, 1.165) is 32.1 Å². The summed E-state index contributed by atoms with van der Waals surface area (Å²) in [6.07, 6.45) is 1.78. The third-order valence-electron chi connectivity index (χ3n) is 3.42. The van der Waals surface area contributed by atoms with Crippen LogP contribution in [0, 0.1) is 21.8 Å². The van der Waals surface area contributed by atoms with Gasteiger partial charge in [0.1, 0.15) is 11.5 Å². The number of nitrogens with zero attached hydrogens (tertiary/aromatic N) is 1. The highest BCUT2D eigenvalue weighted by atomic mass is 19.1. The van der Waals surface area contributed by atoms with Crippen molar-refractivity contribution in [3.05, 3.63) is 33.6 Å². The lowest BCUT2D eigenvalue weighted by Gasteiger charge is -2.33. The predicted octanol–water partition coefficient (Wildman–Crippen LogP) is 2.73. The maximum atomic E-state index is 13.7. The van der Waals surface area contributed by atoms with E-state index in [1.165, 1.54) is 0 Å². The Hall–Kier alpha value is -2.18.